The summed E-state index contributed by atoms with van der Waals surface area (Å²) in [5.41, 5.74) is 7.07. The Morgan fingerprint density at radius 1 is 1.36 bits per heavy atom. The minimum absolute atomic E-state index is 0.433. The van der Waals surface area contributed by atoms with E-state index in [2.05, 4.69) is 4.98 Å². The van der Waals surface area contributed by atoms with Crippen LogP contribution in [0, 0.1) is 0 Å². The fourth-order valence-corrected chi connectivity index (χ4v) is 1.43. The number of carbonyl (C=O) groups is 1. The Kier molecular flexibility index (Phi) is 2.07. The number of H-pyrrole nitrogens is 1. The van der Waals surface area contributed by atoms with Crippen LogP contribution in [0.1, 0.15) is 5.56 Å². The number of amides is 1. The average molecular weight is 186 g/mol. The van der Waals surface area contributed by atoms with Crippen LogP contribution in [-0.2, 0) is 4.79 Å². The van der Waals surface area contributed by atoms with Crippen LogP contribution in [0.25, 0.3) is 17.0 Å². The maximum atomic E-state index is 10.6. The summed E-state index contributed by atoms with van der Waals surface area (Å²) in [6, 6.07) is 7.82. The minimum atomic E-state index is -0.433. The fraction of sp³-hybridized carbons (Fsp3) is 0. The van der Waals surface area contributed by atoms with E-state index in [0.29, 0.717) is 0 Å². The molecule has 14 heavy (non-hydrogen) atoms. The van der Waals surface area contributed by atoms with Gasteiger partial charge in [0.2, 0.25) is 5.91 Å². The van der Waals surface area contributed by atoms with Crippen molar-refractivity contribution >= 4 is 22.9 Å². The van der Waals surface area contributed by atoms with Crippen molar-refractivity contribution in [2.75, 3.05) is 0 Å². The second-order valence-electron chi connectivity index (χ2n) is 3.02. The summed E-state index contributed by atoms with van der Waals surface area (Å²) in [6.45, 7) is 0. The zero-order valence-corrected chi connectivity index (χ0v) is 7.53. The number of nitrogens with one attached hydrogen (secondary N) is 1. The van der Waals surface area contributed by atoms with Crippen molar-refractivity contribution in [2.24, 2.45) is 5.73 Å². The highest BCUT2D eigenvalue weighted by atomic mass is 16.1. The first-order valence-corrected chi connectivity index (χ1v) is 4.31. The van der Waals surface area contributed by atoms with Gasteiger partial charge in [-0.1, -0.05) is 12.1 Å². The molecule has 70 valence electrons. The van der Waals surface area contributed by atoms with E-state index in [1.54, 1.807) is 6.08 Å². The summed E-state index contributed by atoms with van der Waals surface area (Å²) >= 11 is 0. The molecule has 1 amide bonds. The molecule has 0 unspecified atom stereocenters. The predicted molar refractivity (Wildman–Crippen MR) is 56.5 cm³/mol. The summed E-state index contributed by atoms with van der Waals surface area (Å²) in [6.07, 6.45) is 4.95. The summed E-state index contributed by atoms with van der Waals surface area (Å²) in [5.74, 6) is -0.433. The van der Waals surface area contributed by atoms with Crippen LogP contribution >= 0.6 is 0 Å². The second-order valence-corrected chi connectivity index (χ2v) is 3.02. The van der Waals surface area contributed by atoms with Crippen LogP contribution in [0.4, 0.5) is 0 Å². The van der Waals surface area contributed by atoms with Gasteiger partial charge in [-0.25, -0.2) is 0 Å². The lowest BCUT2D eigenvalue weighted by atomic mass is 10.1. The number of benzene rings is 1. The minimum Gasteiger partial charge on any atom is -0.366 e. The van der Waals surface area contributed by atoms with E-state index in [0.717, 1.165) is 16.5 Å². The molecular weight excluding hydrogens is 176 g/mol. The Bertz CT molecular complexity index is 497. The molecule has 0 saturated carbocycles. The van der Waals surface area contributed by atoms with Gasteiger partial charge in [0.15, 0.2) is 0 Å². The van der Waals surface area contributed by atoms with Gasteiger partial charge in [-0.05, 0) is 23.8 Å². The molecule has 1 heterocycles. The zero-order valence-electron chi connectivity index (χ0n) is 7.53. The van der Waals surface area contributed by atoms with Crippen molar-refractivity contribution in [3.63, 3.8) is 0 Å². The Morgan fingerprint density at radius 2 is 2.21 bits per heavy atom. The van der Waals surface area contributed by atoms with Gasteiger partial charge < -0.3 is 10.7 Å². The first-order chi connectivity index (χ1) is 6.77. The van der Waals surface area contributed by atoms with Gasteiger partial charge in [-0.2, -0.15) is 0 Å². The summed E-state index contributed by atoms with van der Waals surface area (Å²) in [5, 5.41) is 1.09. The van der Waals surface area contributed by atoms with E-state index in [1.807, 2.05) is 30.5 Å². The van der Waals surface area contributed by atoms with E-state index in [9.17, 15) is 4.79 Å². The second kappa shape index (κ2) is 3.38. The standard InChI is InChI=1S/C11H10N2O/c12-11(14)5-4-8-2-1-3-10-9(8)6-7-13-10/h1-7,13H,(H2,12,14)/b5-4+. The van der Waals surface area contributed by atoms with Crippen LogP contribution in [0.2, 0.25) is 0 Å². The van der Waals surface area contributed by atoms with Crippen molar-refractivity contribution in [2.45, 2.75) is 0 Å². The molecule has 0 bridgehead atoms. The van der Waals surface area contributed by atoms with Gasteiger partial charge in [0, 0.05) is 23.2 Å². The number of fused-ring (bicyclic) bond motifs is 1. The van der Waals surface area contributed by atoms with E-state index in [4.69, 9.17) is 5.73 Å². The third kappa shape index (κ3) is 1.52. The zero-order chi connectivity index (χ0) is 9.97. The molecule has 0 saturated heterocycles. The number of nitrogens with two attached hydrogens (primary N) is 1. The normalized spacial score (nSPS) is 11.1. The smallest absolute Gasteiger partial charge is 0.241 e. The van der Waals surface area contributed by atoms with E-state index >= 15 is 0 Å². The van der Waals surface area contributed by atoms with Gasteiger partial charge >= 0.3 is 0 Å². The number of primary amides is 1. The Balaban J connectivity index is 2.51. The summed E-state index contributed by atoms with van der Waals surface area (Å²) in [7, 11) is 0. The molecule has 3 nitrogen and oxygen atoms in total. The largest absolute Gasteiger partial charge is 0.366 e. The average Bonchev–Trinajstić information content (AvgIpc) is 2.62. The van der Waals surface area contributed by atoms with Crippen molar-refractivity contribution in [3.05, 3.63) is 42.1 Å². The predicted octanol–water partition coefficient (Wildman–Crippen LogP) is 1.67. The van der Waals surface area contributed by atoms with Gasteiger partial charge in [0.25, 0.3) is 0 Å². The van der Waals surface area contributed by atoms with Crippen molar-refractivity contribution in [1.29, 1.82) is 0 Å². The first-order valence-electron chi connectivity index (χ1n) is 4.31. The van der Waals surface area contributed by atoms with Crippen LogP contribution in [-0.4, -0.2) is 10.9 Å². The van der Waals surface area contributed by atoms with E-state index in [1.165, 1.54) is 6.08 Å². The molecule has 1 aromatic heterocycles. The maximum absolute atomic E-state index is 10.6. The number of aromatic nitrogens is 1. The highest BCUT2D eigenvalue weighted by molar-refractivity contribution is 5.95. The molecule has 0 aliphatic rings. The third-order valence-electron chi connectivity index (χ3n) is 2.06. The van der Waals surface area contributed by atoms with E-state index in [-0.39, 0.29) is 0 Å². The number of rotatable bonds is 2. The highest BCUT2D eigenvalue weighted by Crippen LogP contribution is 2.18. The fourth-order valence-electron chi connectivity index (χ4n) is 1.43. The maximum Gasteiger partial charge on any atom is 0.241 e. The van der Waals surface area contributed by atoms with Gasteiger partial charge in [0.1, 0.15) is 0 Å². The molecular formula is C11H10N2O. The lowest BCUT2D eigenvalue weighted by Crippen LogP contribution is -2.05. The molecule has 0 spiro atoms. The number of carbonyl (C=O) groups excluding carboxylic acids is 1. The molecule has 2 aromatic rings. The van der Waals surface area contributed by atoms with Gasteiger partial charge in [0.05, 0.1) is 0 Å². The van der Waals surface area contributed by atoms with Crippen LogP contribution in [0.5, 0.6) is 0 Å². The summed E-state index contributed by atoms with van der Waals surface area (Å²) < 4.78 is 0. The highest BCUT2D eigenvalue weighted by Gasteiger charge is 1.97. The molecule has 0 fully saturated rings. The Morgan fingerprint density at radius 3 is 3.00 bits per heavy atom. The first kappa shape index (κ1) is 8.56. The summed E-state index contributed by atoms with van der Waals surface area (Å²) in [4.78, 5) is 13.7. The number of hydrogen-bond acceptors (Lipinski definition) is 1. The Labute approximate surface area is 81.2 Å². The quantitative estimate of drug-likeness (QED) is 0.688. The molecule has 0 aliphatic carbocycles. The SMILES string of the molecule is NC(=O)/C=C/c1cccc2[nH]ccc12. The molecule has 1 aromatic carbocycles. The van der Waals surface area contributed by atoms with Gasteiger partial charge in [-0.15, -0.1) is 0 Å². The molecule has 3 heteroatoms. The molecule has 0 atom stereocenters. The van der Waals surface area contributed by atoms with Crippen LogP contribution in [0.15, 0.2) is 36.5 Å². The van der Waals surface area contributed by atoms with Crippen molar-refractivity contribution in [3.8, 4) is 0 Å². The molecule has 2 rings (SSSR count). The molecule has 0 radical (unpaired) electrons. The van der Waals surface area contributed by atoms with E-state index < -0.39 is 5.91 Å². The number of hydrogen-bond donors (Lipinski definition) is 2. The lowest BCUT2D eigenvalue weighted by Gasteiger charge is -1.95. The van der Waals surface area contributed by atoms with Gasteiger partial charge in [-0.3, -0.25) is 4.79 Å². The monoisotopic (exact) mass is 186 g/mol. The lowest BCUT2D eigenvalue weighted by molar-refractivity contribution is -0.113. The van der Waals surface area contributed by atoms with Crippen molar-refractivity contribution < 1.29 is 4.79 Å². The Hall–Kier alpha value is -2.03. The van der Waals surface area contributed by atoms with Crippen LogP contribution < -0.4 is 5.73 Å². The molecule has 0 aliphatic heterocycles. The third-order valence-corrected chi connectivity index (χ3v) is 2.06. The topological polar surface area (TPSA) is 58.9 Å². The molecule has 3 N–H and O–H groups in total. The van der Waals surface area contributed by atoms with Crippen LogP contribution in [0.3, 0.4) is 0 Å². The number of aromatic amines is 1. The van der Waals surface area contributed by atoms with Crippen molar-refractivity contribution in [1.82, 2.24) is 4.98 Å².